The van der Waals surface area contributed by atoms with Crippen molar-refractivity contribution in [3.8, 4) is 0 Å². The van der Waals surface area contributed by atoms with E-state index in [1.165, 1.54) is 6.07 Å². The van der Waals surface area contributed by atoms with Gasteiger partial charge in [-0.05, 0) is 46.6 Å². The molecule has 0 radical (unpaired) electrons. The Bertz CT molecular complexity index is 726. The lowest BCUT2D eigenvalue weighted by atomic mass is 10.2. The monoisotopic (exact) mass is 412 g/mol. The van der Waals surface area contributed by atoms with Crippen LogP contribution in [0.5, 0.6) is 0 Å². The van der Waals surface area contributed by atoms with Gasteiger partial charge in [0.15, 0.2) is 0 Å². The maximum Gasteiger partial charge on any atom is 0.256 e. The average molecular weight is 414 g/mol. The van der Waals surface area contributed by atoms with Gasteiger partial charge in [-0.3, -0.25) is 9.59 Å². The Morgan fingerprint density at radius 3 is 2.67 bits per heavy atom. The Labute approximate surface area is 139 Å². The number of amides is 1. The van der Waals surface area contributed by atoms with Crippen molar-refractivity contribution in [1.82, 2.24) is 4.57 Å². The summed E-state index contributed by atoms with van der Waals surface area (Å²) in [6.45, 7) is 2.63. The third-order valence-corrected chi connectivity index (χ3v) is 4.03. The van der Waals surface area contributed by atoms with Crippen LogP contribution in [0.4, 0.5) is 5.69 Å². The molecule has 0 saturated heterocycles. The van der Waals surface area contributed by atoms with Crippen LogP contribution in [-0.4, -0.2) is 10.5 Å². The summed E-state index contributed by atoms with van der Waals surface area (Å²) in [7, 11) is 0. The SMILES string of the molecule is CCCn1cc(NC(=O)c2ccc(Br)cc2Br)ccc1=O. The summed E-state index contributed by atoms with van der Waals surface area (Å²) in [6, 6.07) is 8.41. The zero-order valence-electron chi connectivity index (χ0n) is 11.4. The second kappa shape index (κ2) is 7.04. The molecule has 0 spiro atoms. The standard InChI is InChI=1S/C15H14Br2N2O2/c1-2-7-19-9-11(4-6-14(19)20)18-15(21)12-5-3-10(16)8-13(12)17/h3-6,8-9H,2,7H2,1H3,(H,18,21). The minimum atomic E-state index is -0.226. The molecule has 4 nitrogen and oxygen atoms in total. The van der Waals surface area contributed by atoms with Gasteiger partial charge in [-0.25, -0.2) is 0 Å². The van der Waals surface area contributed by atoms with Gasteiger partial charge < -0.3 is 9.88 Å². The maximum absolute atomic E-state index is 12.3. The molecule has 2 rings (SSSR count). The smallest absolute Gasteiger partial charge is 0.256 e. The van der Waals surface area contributed by atoms with Gasteiger partial charge in [-0.15, -0.1) is 0 Å². The van der Waals surface area contributed by atoms with Crippen LogP contribution in [0.15, 0.2) is 50.3 Å². The van der Waals surface area contributed by atoms with E-state index in [0.717, 1.165) is 10.9 Å². The summed E-state index contributed by atoms with van der Waals surface area (Å²) >= 11 is 6.71. The predicted molar refractivity (Wildman–Crippen MR) is 90.8 cm³/mol. The molecule has 0 aliphatic rings. The van der Waals surface area contributed by atoms with Crippen LogP contribution in [0.1, 0.15) is 23.7 Å². The van der Waals surface area contributed by atoms with Crippen molar-refractivity contribution in [3.63, 3.8) is 0 Å². The number of benzene rings is 1. The first-order valence-electron chi connectivity index (χ1n) is 6.48. The summed E-state index contributed by atoms with van der Waals surface area (Å²) in [6.07, 6.45) is 2.52. The molecule has 1 N–H and O–H groups in total. The van der Waals surface area contributed by atoms with Crippen molar-refractivity contribution < 1.29 is 4.79 Å². The van der Waals surface area contributed by atoms with Gasteiger partial charge in [-0.1, -0.05) is 22.9 Å². The number of aryl methyl sites for hydroxylation is 1. The minimum Gasteiger partial charge on any atom is -0.321 e. The molecule has 0 unspecified atom stereocenters. The molecule has 110 valence electrons. The summed E-state index contributed by atoms with van der Waals surface area (Å²) in [4.78, 5) is 23.9. The number of rotatable bonds is 4. The largest absolute Gasteiger partial charge is 0.321 e. The zero-order chi connectivity index (χ0) is 15.4. The van der Waals surface area contributed by atoms with Gasteiger partial charge in [0.1, 0.15) is 0 Å². The van der Waals surface area contributed by atoms with Crippen LogP contribution in [-0.2, 0) is 6.54 Å². The lowest BCUT2D eigenvalue weighted by molar-refractivity contribution is 0.102. The van der Waals surface area contributed by atoms with Crippen LogP contribution in [0.3, 0.4) is 0 Å². The number of carbonyl (C=O) groups is 1. The van der Waals surface area contributed by atoms with Crippen LogP contribution in [0.25, 0.3) is 0 Å². The van der Waals surface area contributed by atoms with Gasteiger partial charge in [0.2, 0.25) is 0 Å². The van der Waals surface area contributed by atoms with E-state index < -0.39 is 0 Å². The number of anilines is 1. The lowest BCUT2D eigenvalue weighted by Gasteiger charge is -2.10. The summed E-state index contributed by atoms with van der Waals surface area (Å²) in [5.41, 5.74) is 1.06. The molecule has 6 heteroatoms. The first kappa shape index (κ1) is 16.0. The molecule has 1 amide bonds. The normalized spacial score (nSPS) is 10.4. The molecule has 1 heterocycles. The van der Waals surface area contributed by atoms with Gasteiger partial charge in [0.05, 0.1) is 11.3 Å². The molecule has 0 aliphatic heterocycles. The number of pyridine rings is 1. The molecular weight excluding hydrogens is 400 g/mol. The van der Waals surface area contributed by atoms with Crippen LogP contribution in [0, 0.1) is 0 Å². The number of nitrogens with one attached hydrogen (secondary N) is 1. The molecule has 0 saturated carbocycles. The number of halogens is 2. The van der Waals surface area contributed by atoms with E-state index >= 15 is 0 Å². The number of aromatic nitrogens is 1. The van der Waals surface area contributed by atoms with Crippen LogP contribution >= 0.6 is 31.9 Å². The Balaban J connectivity index is 2.23. The topological polar surface area (TPSA) is 51.1 Å². The quantitative estimate of drug-likeness (QED) is 0.822. The molecular formula is C15H14Br2N2O2. The average Bonchev–Trinajstić information content (AvgIpc) is 2.42. The summed E-state index contributed by atoms with van der Waals surface area (Å²) < 4.78 is 3.19. The fraction of sp³-hybridized carbons (Fsp3) is 0.200. The van der Waals surface area contributed by atoms with E-state index in [-0.39, 0.29) is 11.5 Å². The fourth-order valence-corrected chi connectivity index (χ4v) is 3.12. The van der Waals surface area contributed by atoms with Crippen molar-refractivity contribution in [2.45, 2.75) is 19.9 Å². The Morgan fingerprint density at radius 2 is 2.00 bits per heavy atom. The Kier molecular flexibility index (Phi) is 5.36. The lowest BCUT2D eigenvalue weighted by Crippen LogP contribution is -2.20. The first-order chi connectivity index (χ1) is 10.0. The highest BCUT2D eigenvalue weighted by molar-refractivity contribution is 9.11. The number of carbonyl (C=O) groups excluding carboxylic acids is 1. The third-order valence-electron chi connectivity index (χ3n) is 2.88. The molecule has 2 aromatic rings. The molecule has 0 atom stereocenters. The van der Waals surface area contributed by atoms with Gasteiger partial charge in [0, 0.05) is 27.8 Å². The zero-order valence-corrected chi connectivity index (χ0v) is 14.6. The first-order valence-corrected chi connectivity index (χ1v) is 8.06. The molecule has 1 aromatic carbocycles. The van der Waals surface area contributed by atoms with Gasteiger partial charge in [-0.2, -0.15) is 0 Å². The highest BCUT2D eigenvalue weighted by Gasteiger charge is 2.11. The molecule has 0 aliphatic carbocycles. The van der Waals surface area contributed by atoms with E-state index in [1.807, 2.05) is 13.0 Å². The maximum atomic E-state index is 12.3. The van der Waals surface area contributed by atoms with E-state index in [0.29, 0.717) is 22.3 Å². The van der Waals surface area contributed by atoms with Crippen molar-refractivity contribution in [2.75, 3.05) is 5.32 Å². The predicted octanol–water partition coefficient (Wildman–Crippen LogP) is 4.04. The summed E-state index contributed by atoms with van der Waals surface area (Å²) in [5, 5.41) is 2.80. The van der Waals surface area contributed by atoms with Crippen molar-refractivity contribution in [3.05, 3.63) is 61.4 Å². The van der Waals surface area contributed by atoms with Crippen molar-refractivity contribution in [2.24, 2.45) is 0 Å². The summed E-state index contributed by atoms with van der Waals surface area (Å²) in [5.74, 6) is -0.226. The molecule has 0 fully saturated rings. The van der Waals surface area contributed by atoms with E-state index in [2.05, 4.69) is 37.2 Å². The fourth-order valence-electron chi connectivity index (χ4n) is 1.89. The van der Waals surface area contributed by atoms with Crippen molar-refractivity contribution >= 4 is 43.5 Å². The Hall–Kier alpha value is -1.40. The van der Waals surface area contributed by atoms with Crippen molar-refractivity contribution in [1.29, 1.82) is 0 Å². The van der Waals surface area contributed by atoms with E-state index in [4.69, 9.17) is 0 Å². The number of hydrogen-bond donors (Lipinski definition) is 1. The van der Waals surface area contributed by atoms with E-state index in [1.54, 1.807) is 29.0 Å². The molecule has 21 heavy (non-hydrogen) atoms. The van der Waals surface area contributed by atoms with Gasteiger partial charge in [0.25, 0.3) is 11.5 Å². The number of hydrogen-bond acceptors (Lipinski definition) is 2. The highest BCUT2D eigenvalue weighted by atomic mass is 79.9. The molecule has 0 bridgehead atoms. The minimum absolute atomic E-state index is 0.0697. The third kappa shape index (κ3) is 4.04. The molecule has 1 aromatic heterocycles. The second-order valence-electron chi connectivity index (χ2n) is 4.53. The van der Waals surface area contributed by atoms with Crippen LogP contribution in [0.2, 0.25) is 0 Å². The Morgan fingerprint density at radius 1 is 1.24 bits per heavy atom. The van der Waals surface area contributed by atoms with Crippen LogP contribution < -0.4 is 10.9 Å². The van der Waals surface area contributed by atoms with E-state index in [9.17, 15) is 9.59 Å². The van der Waals surface area contributed by atoms with Gasteiger partial charge >= 0.3 is 0 Å². The highest BCUT2D eigenvalue weighted by Crippen LogP contribution is 2.22. The number of nitrogens with zero attached hydrogens (tertiary/aromatic N) is 1. The second-order valence-corrected chi connectivity index (χ2v) is 6.30.